The van der Waals surface area contributed by atoms with Crippen molar-refractivity contribution >= 4 is 35.3 Å². The number of Topliss-reactive ketones (excluding diaryl/α,β-unsaturated/α-hetero) is 1. The Labute approximate surface area is 239 Å². The molecule has 5 atom stereocenters. The number of nitrogens with one attached hydrogen (secondary N) is 3. The van der Waals surface area contributed by atoms with Crippen molar-refractivity contribution in [1.82, 2.24) is 16.0 Å². The van der Waals surface area contributed by atoms with E-state index in [1.807, 2.05) is 30.3 Å². The van der Waals surface area contributed by atoms with Gasteiger partial charge in [0.2, 0.25) is 0 Å². The highest BCUT2D eigenvalue weighted by Crippen LogP contribution is 2.15. The van der Waals surface area contributed by atoms with Crippen molar-refractivity contribution in [2.24, 2.45) is 5.92 Å². The van der Waals surface area contributed by atoms with Crippen molar-refractivity contribution in [3.63, 3.8) is 0 Å². The van der Waals surface area contributed by atoms with Gasteiger partial charge < -0.3 is 30.9 Å². The summed E-state index contributed by atoms with van der Waals surface area (Å²) in [6.07, 6.45) is -5.13. The predicted octanol–water partition coefficient (Wildman–Crippen LogP) is 2.18. The van der Waals surface area contributed by atoms with Crippen LogP contribution in [0.2, 0.25) is 5.02 Å². The molecule has 2 aromatic rings. The maximum absolute atomic E-state index is 13.3. The Balaban J connectivity index is 2.12. The number of amides is 3. The van der Waals surface area contributed by atoms with E-state index >= 15 is 0 Å². The lowest BCUT2D eigenvalue weighted by Gasteiger charge is -2.30. The Hall–Kier alpha value is -3.47. The summed E-state index contributed by atoms with van der Waals surface area (Å²) in [4.78, 5) is 49.7. The smallest absolute Gasteiger partial charge is 0.407 e. The number of hydrogen-bond acceptors (Lipinski definition) is 7. The second-order valence-electron chi connectivity index (χ2n) is 9.95. The van der Waals surface area contributed by atoms with Crippen LogP contribution in [0.15, 0.2) is 54.6 Å². The van der Waals surface area contributed by atoms with Gasteiger partial charge in [-0.2, -0.15) is 0 Å². The van der Waals surface area contributed by atoms with E-state index < -0.39 is 54.2 Å². The van der Waals surface area contributed by atoms with Gasteiger partial charge in [-0.05, 0) is 55.9 Å². The Bertz CT molecular complexity index is 1130. The lowest BCUT2D eigenvalue weighted by atomic mass is 9.96. The number of benzene rings is 2. The fraction of sp³-hybridized carbons (Fsp3) is 0.448. The first-order chi connectivity index (χ1) is 18.9. The van der Waals surface area contributed by atoms with Crippen molar-refractivity contribution in [1.29, 1.82) is 0 Å². The molecule has 0 saturated heterocycles. The van der Waals surface area contributed by atoms with Crippen LogP contribution in [-0.2, 0) is 32.0 Å². The van der Waals surface area contributed by atoms with Crippen molar-refractivity contribution in [2.45, 2.75) is 70.9 Å². The second-order valence-corrected chi connectivity index (χ2v) is 10.4. The van der Waals surface area contributed by atoms with Gasteiger partial charge in [-0.15, -0.1) is 0 Å². The van der Waals surface area contributed by atoms with Gasteiger partial charge in [-0.3, -0.25) is 14.4 Å². The maximum atomic E-state index is 13.3. The minimum Gasteiger partial charge on any atom is -0.436 e. The van der Waals surface area contributed by atoms with E-state index in [4.69, 9.17) is 16.3 Å². The third-order valence-corrected chi connectivity index (χ3v) is 6.55. The van der Waals surface area contributed by atoms with Crippen molar-refractivity contribution in [3.05, 3.63) is 70.7 Å². The first-order valence-corrected chi connectivity index (χ1v) is 13.5. The van der Waals surface area contributed by atoms with E-state index in [0.29, 0.717) is 23.6 Å². The average molecular weight is 576 g/mol. The maximum Gasteiger partial charge on any atom is 0.407 e. The number of carbonyl (C=O) groups is 4. The molecule has 2 rings (SSSR count). The standard InChI is InChI=1S/C29H38ClN3O7/c1-17(2)26(40-29(39)31-15-14-20-8-6-5-7-9-20)28(38)33-23(16-21-10-12-22(30)13-11-21)24(35)25(36)27(37)32-18(3)19(4)34/h5-13,17-18,23-26,35-36H,14-16H2,1-4H3,(H,31,39)(H,32,37)(H,33,38). The Morgan fingerprint density at radius 2 is 1.50 bits per heavy atom. The van der Waals surface area contributed by atoms with Crippen LogP contribution < -0.4 is 16.0 Å². The van der Waals surface area contributed by atoms with Crippen LogP contribution in [0.25, 0.3) is 0 Å². The first kappa shape index (κ1) is 32.7. The second kappa shape index (κ2) is 16.0. The van der Waals surface area contributed by atoms with Gasteiger partial charge in [0.05, 0.1) is 12.1 Å². The fourth-order valence-electron chi connectivity index (χ4n) is 3.77. The van der Waals surface area contributed by atoms with Gasteiger partial charge in [-0.1, -0.05) is 67.9 Å². The molecule has 2 aromatic carbocycles. The Morgan fingerprint density at radius 3 is 2.08 bits per heavy atom. The molecule has 0 radical (unpaired) electrons. The van der Waals surface area contributed by atoms with Crippen LogP contribution in [0.3, 0.4) is 0 Å². The molecule has 0 spiro atoms. The van der Waals surface area contributed by atoms with E-state index in [1.165, 1.54) is 13.8 Å². The summed E-state index contributed by atoms with van der Waals surface area (Å²) in [5.74, 6) is -2.45. The minimum atomic E-state index is -1.96. The molecule has 0 aliphatic carbocycles. The lowest BCUT2D eigenvalue weighted by Crippen LogP contribution is -2.57. The zero-order valence-electron chi connectivity index (χ0n) is 23.1. The highest BCUT2D eigenvalue weighted by Gasteiger charge is 2.36. The molecule has 5 N–H and O–H groups in total. The van der Waals surface area contributed by atoms with E-state index in [0.717, 1.165) is 5.56 Å². The van der Waals surface area contributed by atoms with Gasteiger partial charge in [0.15, 0.2) is 18.0 Å². The number of hydrogen-bond donors (Lipinski definition) is 5. The first-order valence-electron chi connectivity index (χ1n) is 13.1. The van der Waals surface area contributed by atoms with Gasteiger partial charge in [0.25, 0.3) is 11.8 Å². The van der Waals surface area contributed by atoms with Crippen molar-refractivity contribution in [2.75, 3.05) is 6.54 Å². The predicted molar refractivity (Wildman–Crippen MR) is 151 cm³/mol. The molecule has 0 fully saturated rings. The minimum absolute atomic E-state index is 0.0186. The van der Waals surface area contributed by atoms with Gasteiger partial charge >= 0.3 is 6.09 Å². The van der Waals surface area contributed by atoms with E-state index in [-0.39, 0.29) is 12.2 Å². The van der Waals surface area contributed by atoms with E-state index in [2.05, 4.69) is 16.0 Å². The largest absolute Gasteiger partial charge is 0.436 e. The van der Waals surface area contributed by atoms with Crippen LogP contribution in [0.1, 0.15) is 38.8 Å². The highest BCUT2D eigenvalue weighted by molar-refractivity contribution is 6.30. The SMILES string of the molecule is CC(=O)C(C)NC(=O)C(O)C(O)C(Cc1ccc(Cl)cc1)NC(=O)C(OC(=O)NCCc1ccccc1)C(C)C. The third-order valence-electron chi connectivity index (χ3n) is 6.29. The number of ketones is 1. The molecule has 0 heterocycles. The average Bonchev–Trinajstić information content (AvgIpc) is 2.91. The molecule has 11 heteroatoms. The molecule has 10 nitrogen and oxygen atoms in total. The summed E-state index contributed by atoms with van der Waals surface area (Å²) in [5.41, 5.74) is 1.68. The molecule has 0 aromatic heterocycles. The van der Waals surface area contributed by atoms with Crippen LogP contribution in [-0.4, -0.2) is 70.8 Å². The third kappa shape index (κ3) is 10.6. The molecular weight excluding hydrogens is 538 g/mol. The number of halogens is 1. The zero-order chi connectivity index (χ0) is 29.8. The summed E-state index contributed by atoms with van der Waals surface area (Å²) in [7, 11) is 0. The van der Waals surface area contributed by atoms with Crippen molar-refractivity contribution in [3.8, 4) is 0 Å². The molecule has 218 valence electrons. The molecular formula is C29H38ClN3O7. The van der Waals surface area contributed by atoms with Crippen LogP contribution in [0.4, 0.5) is 4.79 Å². The van der Waals surface area contributed by atoms with Gasteiger partial charge in [0, 0.05) is 11.6 Å². The quantitative estimate of drug-likeness (QED) is 0.231. The molecule has 0 aliphatic rings. The van der Waals surface area contributed by atoms with Crippen molar-refractivity contribution < 1.29 is 34.1 Å². The normalized spacial score (nSPS) is 14.8. The van der Waals surface area contributed by atoms with Crippen LogP contribution >= 0.6 is 11.6 Å². The Kier molecular flexibility index (Phi) is 13.1. The summed E-state index contributed by atoms with van der Waals surface area (Å²) in [6, 6.07) is 14.1. The molecule has 0 bridgehead atoms. The number of rotatable bonds is 14. The van der Waals surface area contributed by atoms with Crippen LogP contribution in [0, 0.1) is 5.92 Å². The topological polar surface area (TPSA) is 154 Å². The summed E-state index contributed by atoms with van der Waals surface area (Å²) in [6.45, 7) is 6.41. The fourth-order valence-corrected chi connectivity index (χ4v) is 3.90. The van der Waals surface area contributed by atoms with Crippen LogP contribution in [0.5, 0.6) is 0 Å². The summed E-state index contributed by atoms with van der Waals surface area (Å²) in [5, 5.41) is 29.6. The molecule has 3 amide bonds. The summed E-state index contributed by atoms with van der Waals surface area (Å²) >= 11 is 5.96. The number of alkyl carbamates (subject to hydrolysis) is 1. The number of aliphatic hydroxyl groups excluding tert-OH is 2. The summed E-state index contributed by atoms with van der Waals surface area (Å²) < 4.78 is 5.40. The van der Waals surface area contributed by atoms with E-state index in [1.54, 1.807) is 38.1 Å². The monoisotopic (exact) mass is 575 g/mol. The van der Waals surface area contributed by atoms with Gasteiger partial charge in [0.1, 0.15) is 6.10 Å². The zero-order valence-corrected chi connectivity index (χ0v) is 23.9. The Morgan fingerprint density at radius 1 is 0.875 bits per heavy atom. The molecule has 0 saturated carbocycles. The highest BCUT2D eigenvalue weighted by atomic mass is 35.5. The number of aliphatic hydroxyl groups is 2. The van der Waals surface area contributed by atoms with Gasteiger partial charge in [-0.25, -0.2) is 4.79 Å². The number of ether oxygens (including phenoxy) is 1. The van der Waals surface area contributed by atoms with E-state index in [9.17, 15) is 29.4 Å². The lowest BCUT2D eigenvalue weighted by molar-refractivity contribution is -0.141. The number of carbonyl (C=O) groups excluding carboxylic acids is 4. The molecule has 0 aliphatic heterocycles. The molecule has 40 heavy (non-hydrogen) atoms. The molecule has 5 unspecified atom stereocenters.